The Balaban J connectivity index is 1.72. The fraction of sp³-hybridized carbons (Fsp3) is 0.350. The largest absolute Gasteiger partial charge is 0.388 e. The molecule has 0 amide bonds. The van der Waals surface area contributed by atoms with Gasteiger partial charge in [0.05, 0.1) is 16.5 Å². The molecule has 0 unspecified atom stereocenters. The molecule has 0 spiro atoms. The van der Waals surface area contributed by atoms with Crippen molar-refractivity contribution in [2.75, 3.05) is 12.4 Å². The van der Waals surface area contributed by atoms with E-state index in [-0.39, 0.29) is 22.4 Å². The van der Waals surface area contributed by atoms with Crippen molar-refractivity contribution in [1.29, 1.82) is 0 Å². The van der Waals surface area contributed by atoms with E-state index in [4.69, 9.17) is 0 Å². The lowest BCUT2D eigenvalue weighted by atomic mass is 10.00. The summed E-state index contributed by atoms with van der Waals surface area (Å²) in [6, 6.07) is 8.94. The van der Waals surface area contributed by atoms with E-state index >= 15 is 0 Å². The average molecular weight is 430 g/mol. The lowest BCUT2D eigenvalue weighted by Gasteiger charge is -2.28. The van der Waals surface area contributed by atoms with E-state index in [1.54, 1.807) is 35.9 Å². The van der Waals surface area contributed by atoms with Gasteiger partial charge >= 0.3 is 0 Å². The SMILES string of the molecule is CNS(=O)(=O)c1ccc(Nc2ncc3ccc(=O)n([C@@H]4CCC[C@@]4(C)O)c3n2)cc1. The molecule has 1 saturated carbocycles. The molecule has 3 N–H and O–H groups in total. The molecule has 0 saturated heterocycles. The zero-order valence-corrected chi connectivity index (χ0v) is 17.5. The summed E-state index contributed by atoms with van der Waals surface area (Å²) >= 11 is 0. The first kappa shape index (κ1) is 20.5. The number of nitrogens with zero attached hydrogens (tertiary/aromatic N) is 3. The molecule has 158 valence electrons. The molecule has 1 aromatic carbocycles. The van der Waals surface area contributed by atoms with Crippen LogP contribution < -0.4 is 15.6 Å². The highest BCUT2D eigenvalue weighted by Gasteiger charge is 2.39. The van der Waals surface area contributed by atoms with Gasteiger partial charge in [0.15, 0.2) is 0 Å². The van der Waals surface area contributed by atoms with E-state index in [0.29, 0.717) is 29.6 Å². The molecule has 2 heterocycles. The third kappa shape index (κ3) is 3.69. The van der Waals surface area contributed by atoms with E-state index in [1.165, 1.54) is 25.2 Å². The fourth-order valence-electron chi connectivity index (χ4n) is 3.90. The Morgan fingerprint density at radius 3 is 2.57 bits per heavy atom. The molecule has 1 aliphatic carbocycles. The number of sulfonamides is 1. The number of nitrogens with one attached hydrogen (secondary N) is 2. The van der Waals surface area contributed by atoms with Gasteiger partial charge in [-0.05, 0) is 63.6 Å². The van der Waals surface area contributed by atoms with Crippen LogP contribution in [0.3, 0.4) is 0 Å². The smallest absolute Gasteiger partial charge is 0.252 e. The molecule has 0 bridgehead atoms. The second kappa shape index (κ2) is 7.46. The molecule has 30 heavy (non-hydrogen) atoms. The van der Waals surface area contributed by atoms with Crippen LogP contribution in [0.1, 0.15) is 32.2 Å². The molecule has 2 atom stereocenters. The number of benzene rings is 1. The molecule has 1 fully saturated rings. The predicted molar refractivity (Wildman–Crippen MR) is 113 cm³/mol. The average Bonchev–Trinajstić information content (AvgIpc) is 3.07. The number of aliphatic hydroxyl groups is 1. The summed E-state index contributed by atoms with van der Waals surface area (Å²) in [7, 11) is -2.17. The van der Waals surface area contributed by atoms with Crippen molar-refractivity contribution in [3.63, 3.8) is 0 Å². The Bertz CT molecular complexity index is 1250. The van der Waals surface area contributed by atoms with Crippen molar-refractivity contribution >= 4 is 32.7 Å². The number of rotatable bonds is 5. The van der Waals surface area contributed by atoms with Crippen LogP contribution in [0.5, 0.6) is 0 Å². The van der Waals surface area contributed by atoms with Gasteiger partial charge in [-0.25, -0.2) is 18.1 Å². The summed E-state index contributed by atoms with van der Waals surface area (Å²) in [5.74, 6) is 0.267. The van der Waals surface area contributed by atoms with Crippen molar-refractivity contribution in [1.82, 2.24) is 19.3 Å². The molecule has 0 radical (unpaired) electrons. The third-order valence-electron chi connectivity index (χ3n) is 5.55. The van der Waals surface area contributed by atoms with E-state index < -0.39 is 15.6 Å². The molecule has 10 heteroatoms. The van der Waals surface area contributed by atoms with Gasteiger partial charge in [0, 0.05) is 23.3 Å². The summed E-state index contributed by atoms with van der Waals surface area (Å²) in [4.78, 5) is 21.6. The van der Waals surface area contributed by atoms with E-state index in [0.717, 1.165) is 6.42 Å². The maximum absolute atomic E-state index is 12.6. The minimum Gasteiger partial charge on any atom is -0.388 e. The van der Waals surface area contributed by atoms with Crippen LogP contribution in [0.4, 0.5) is 11.6 Å². The summed E-state index contributed by atoms with van der Waals surface area (Å²) in [6.45, 7) is 1.75. The maximum atomic E-state index is 12.6. The highest BCUT2D eigenvalue weighted by Crippen LogP contribution is 2.39. The molecule has 9 nitrogen and oxygen atoms in total. The van der Waals surface area contributed by atoms with Crippen LogP contribution in [0.2, 0.25) is 0 Å². The zero-order chi connectivity index (χ0) is 21.5. The van der Waals surface area contributed by atoms with Gasteiger partial charge in [-0.15, -0.1) is 0 Å². The van der Waals surface area contributed by atoms with Crippen molar-refractivity contribution in [3.8, 4) is 0 Å². The summed E-state index contributed by atoms with van der Waals surface area (Å²) in [5.41, 5.74) is -0.157. The topological polar surface area (TPSA) is 126 Å². The normalized spacial score (nSPS) is 21.8. The monoisotopic (exact) mass is 429 g/mol. The lowest BCUT2D eigenvalue weighted by molar-refractivity contribution is 0.0267. The van der Waals surface area contributed by atoms with Gasteiger partial charge in [-0.1, -0.05) is 0 Å². The first-order valence-corrected chi connectivity index (χ1v) is 11.1. The molecule has 0 aliphatic heterocycles. The molecule has 3 aromatic rings. The fourth-order valence-corrected chi connectivity index (χ4v) is 4.63. The first-order chi connectivity index (χ1) is 14.2. The second-order valence-electron chi connectivity index (χ2n) is 7.64. The third-order valence-corrected chi connectivity index (χ3v) is 6.98. The minimum atomic E-state index is -3.52. The first-order valence-electron chi connectivity index (χ1n) is 9.62. The van der Waals surface area contributed by atoms with Crippen LogP contribution in [0, 0.1) is 0 Å². The van der Waals surface area contributed by atoms with Crippen molar-refractivity contribution in [2.24, 2.45) is 0 Å². The lowest BCUT2D eigenvalue weighted by Crippen LogP contribution is -2.37. The summed E-state index contributed by atoms with van der Waals surface area (Å²) < 4.78 is 27.5. The van der Waals surface area contributed by atoms with Gasteiger partial charge < -0.3 is 10.4 Å². The Kier molecular flexibility index (Phi) is 5.08. The Morgan fingerprint density at radius 1 is 1.20 bits per heavy atom. The van der Waals surface area contributed by atoms with Crippen LogP contribution in [-0.4, -0.2) is 40.7 Å². The maximum Gasteiger partial charge on any atom is 0.252 e. The van der Waals surface area contributed by atoms with E-state index in [2.05, 4.69) is 20.0 Å². The number of anilines is 2. The van der Waals surface area contributed by atoms with E-state index in [1.807, 2.05) is 0 Å². The number of hydrogen-bond donors (Lipinski definition) is 3. The zero-order valence-electron chi connectivity index (χ0n) is 16.7. The number of fused-ring (bicyclic) bond motifs is 1. The highest BCUT2D eigenvalue weighted by molar-refractivity contribution is 7.89. The van der Waals surface area contributed by atoms with Gasteiger partial charge in [0.1, 0.15) is 5.65 Å². The second-order valence-corrected chi connectivity index (χ2v) is 9.52. The molecule has 2 aromatic heterocycles. The minimum absolute atomic E-state index is 0.146. The van der Waals surface area contributed by atoms with Gasteiger partial charge in [0.2, 0.25) is 16.0 Å². The number of aromatic nitrogens is 3. The molecule has 1 aliphatic rings. The Labute approximate surface area is 173 Å². The Hall–Kier alpha value is -2.82. The van der Waals surface area contributed by atoms with Crippen molar-refractivity contribution < 1.29 is 13.5 Å². The summed E-state index contributed by atoms with van der Waals surface area (Å²) in [6.07, 6.45) is 3.77. The van der Waals surface area contributed by atoms with Crippen LogP contribution in [-0.2, 0) is 10.0 Å². The molecular formula is C20H23N5O4S. The van der Waals surface area contributed by atoms with Crippen molar-refractivity contribution in [2.45, 2.75) is 42.7 Å². The Morgan fingerprint density at radius 2 is 1.93 bits per heavy atom. The molecular weight excluding hydrogens is 406 g/mol. The van der Waals surface area contributed by atoms with E-state index in [9.17, 15) is 18.3 Å². The number of hydrogen-bond acceptors (Lipinski definition) is 7. The number of pyridine rings is 1. The highest BCUT2D eigenvalue weighted by atomic mass is 32.2. The summed E-state index contributed by atoms with van der Waals surface area (Å²) in [5, 5.41) is 14.5. The quantitative estimate of drug-likeness (QED) is 0.566. The van der Waals surface area contributed by atoms with Crippen LogP contribution >= 0.6 is 0 Å². The van der Waals surface area contributed by atoms with Gasteiger partial charge in [-0.3, -0.25) is 9.36 Å². The van der Waals surface area contributed by atoms with Crippen molar-refractivity contribution in [3.05, 3.63) is 52.9 Å². The van der Waals surface area contributed by atoms with Crippen LogP contribution in [0.15, 0.2) is 52.3 Å². The molecule has 4 rings (SSSR count). The standard InChI is InChI=1S/C20H23N5O4S/c1-20(27)11-3-4-16(20)25-17(26)10-5-13-12-22-19(24-18(13)25)23-14-6-8-15(9-7-14)30(28,29)21-2/h5-10,12,16,21,27H,3-4,11H2,1-2H3,(H,22,23,24)/t16-,20-/m1/s1. The van der Waals surface area contributed by atoms with Gasteiger partial charge in [-0.2, -0.15) is 4.98 Å². The van der Waals surface area contributed by atoms with Gasteiger partial charge in [0.25, 0.3) is 5.56 Å². The predicted octanol–water partition coefficient (Wildman–Crippen LogP) is 1.92. The van der Waals surface area contributed by atoms with Crippen LogP contribution in [0.25, 0.3) is 11.0 Å².